The Kier molecular flexibility index (Phi) is 7.18. The predicted octanol–water partition coefficient (Wildman–Crippen LogP) is 4.02. The van der Waals surface area contributed by atoms with Gasteiger partial charge < -0.3 is 4.90 Å². The average Bonchev–Trinajstić information content (AvgIpc) is 3.11. The first-order valence-electron chi connectivity index (χ1n) is 9.50. The number of hydrogen-bond donors (Lipinski definition) is 0. The Hall–Kier alpha value is -1.94. The van der Waals surface area contributed by atoms with Crippen molar-refractivity contribution in [2.75, 3.05) is 44.1 Å². The van der Waals surface area contributed by atoms with E-state index in [1.54, 1.807) is 28.8 Å². The van der Waals surface area contributed by atoms with Crippen molar-refractivity contribution in [2.45, 2.75) is 16.7 Å². The molecule has 160 valence electrons. The van der Waals surface area contributed by atoms with E-state index in [-0.39, 0.29) is 10.8 Å². The molecule has 0 saturated heterocycles. The van der Waals surface area contributed by atoms with E-state index in [9.17, 15) is 13.2 Å². The van der Waals surface area contributed by atoms with E-state index in [2.05, 4.69) is 11.9 Å². The maximum Gasteiger partial charge on any atom is 0.261 e. The number of thiazole rings is 1. The molecule has 1 aromatic heterocycles. The van der Waals surface area contributed by atoms with Crippen LogP contribution in [0.3, 0.4) is 0 Å². The summed E-state index contributed by atoms with van der Waals surface area (Å²) in [4.78, 5) is 22.9. The van der Waals surface area contributed by atoms with Crippen LogP contribution in [0.25, 0.3) is 10.2 Å². The molecule has 0 saturated carbocycles. The number of likely N-dealkylation sites (N-methyl/N-ethyl adjacent to an activating group) is 1. The van der Waals surface area contributed by atoms with Gasteiger partial charge in [-0.05, 0) is 44.1 Å². The zero-order chi connectivity index (χ0) is 21.9. The van der Waals surface area contributed by atoms with Crippen LogP contribution in [-0.2, 0) is 9.84 Å². The molecule has 2 aromatic carbocycles. The smallest absolute Gasteiger partial charge is 0.261 e. The van der Waals surface area contributed by atoms with E-state index in [1.165, 1.54) is 17.6 Å². The van der Waals surface area contributed by atoms with Gasteiger partial charge in [0.25, 0.3) is 5.91 Å². The van der Waals surface area contributed by atoms with Crippen LogP contribution >= 0.6 is 23.1 Å². The lowest BCUT2D eigenvalue weighted by atomic mass is 10.2. The standard InChI is InChI=1S/C21H25N3O3S3/c1-5-28-16-10-7-6-9-15(16)20(25)24(14-13-23(2)3)21-22-19-17(29-21)11-8-12-18(19)30(4,26)27/h6-12H,5,13-14H2,1-4H3. The van der Waals surface area contributed by atoms with Crippen molar-refractivity contribution in [3.05, 3.63) is 48.0 Å². The second kappa shape index (κ2) is 9.47. The Balaban J connectivity index is 2.10. The fourth-order valence-corrected chi connectivity index (χ4v) is 5.69. The molecule has 1 heterocycles. The SMILES string of the molecule is CCSc1ccccc1C(=O)N(CCN(C)C)c1nc2c(S(C)(=O)=O)cccc2s1. The van der Waals surface area contributed by atoms with Crippen LogP contribution in [0.2, 0.25) is 0 Å². The summed E-state index contributed by atoms with van der Waals surface area (Å²) in [6.07, 6.45) is 1.17. The normalized spacial score (nSPS) is 11.9. The molecule has 0 aliphatic rings. The van der Waals surface area contributed by atoms with Crippen LogP contribution in [0.5, 0.6) is 0 Å². The highest BCUT2D eigenvalue weighted by atomic mass is 32.2. The lowest BCUT2D eigenvalue weighted by Gasteiger charge is -2.23. The number of thioether (sulfide) groups is 1. The van der Waals surface area contributed by atoms with Crippen molar-refractivity contribution in [1.82, 2.24) is 9.88 Å². The third-order valence-corrected chi connectivity index (χ3v) is 7.56. The summed E-state index contributed by atoms with van der Waals surface area (Å²) in [6.45, 7) is 3.16. The molecule has 9 heteroatoms. The minimum atomic E-state index is -3.42. The molecule has 6 nitrogen and oxygen atoms in total. The summed E-state index contributed by atoms with van der Waals surface area (Å²) < 4.78 is 25.1. The van der Waals surface area contributed by atoms with Crippen molar-refractivity contribution < 1.29 is 13.2 Å². The number of nitrogens with zero attached hydrogens (tertiary/aromatic N) is 3. The Morgan fingerprint density at radius 2 is 1.83 bits per heavy atom. The monoisotopic (exact) mass is 463 g/mol. The lowest BCUT2D eigenvalue weighted by Crippen LogP contribution is -2.37. The number of anilines is 1. The number of aromatic nitrogens is 1. The molecular weight excluding hydrogens is 438 g/mol. The van der Waals surface area contributed by atoms with Crippen LogP contribution in [0, 0.1) is 0 Å². The highest BCUT2D eigenvalue weighted by molar-refractivity contribution is 7.99. The maximum atomic E-state index is 13.6. The Bertz CT molecular complexity index is 1160. The fraction of sp³-hybridized carbons (Fsp3) is 0.333. The molecule has 30 heavy (non-hydrogen) atoms. The molecule has 3 aromatic rings. The summed E-state index contributed by atoms with van der Waals surface area (Å²) in [7, 11) is 0.471. The maximum absolute atomic E-state index is 13.6. The van der Waals surface area contributed by atoms with Crippen LogP contribution in [0.4, 0.5) is 5.13 Å². The third-order valence-electron chi connectivity index (χ3n) is 4.43. The fourth-order valence-electron chi connectivity index (χ4n) is 2.98. The number of para-hydroxylation sites is 1. The Morgan fingerprint density at radius 3 is 2.50 bits per heavy atom. The molecular formula is C21H25N3O3S3. The van der Waals surface area contributed by atoms with Gasteiger partial charge in [0.2, 0.25) is 0 Å². The number of rotatable bonds is 8. The molecule has 0 unspecified atom stereocenters. The molecule has 0 N–H and O–H groups in total. The highest BCUT2D eigenvalue weighted by Gasteiger charge is 2.25. The zero-order valence-electron chi connectivity index (χ0n) is 17.5. The minimum absolute atomic E-state index is 0.131. The largest absolute Gasteiger partial charge is 0.308 e. The molecule has 0 radical (unpaired) electrons. The van der Waals surface area contributed by atoms with Gasteiger partial charge in [-0.25, -0.2) is 13.4 Å². The lowest BCUT2D eigenvalue weighted by molar-refractivity contribution is 0.0982. The molecule has 0 bridgehead atoms. The first-order valence-corrected chi connectivity index (χ1v) is 13.2. The van der Waals surface area contributed by atoms with Gasteiger partial charge in [-0.1, -0.05) is 36.5 Å². The van der Waals surface area contributed by atoms with Crippen molar-refractivity contribution in [3.8, 4) is 0 Å². The van der Waals surface area contributed by atoms with Crippen LogP contribution < -0.4 is 4.90 Å². The number of carbonyl (C=O) groups excluding carboxylic acids is 1. The van der Waals surface area contributed by atoms with Gasteiger partial charge in [-0.2, -0.15) is 0 Å². The van der Waals surface area contributed by atoms with E-state index in [0.717, 1.165) is 15.3 Å². The molecule has 0 atom stereocenters. The van der Waals surface area contributed by atoms with Crippen molar-refractivity contribution in [2.24, 2.45) is 0 Å². The summed E-state index contributed by atoms with van der Waals surface area (Å²) in [6, 6.07) is 12.7. The second-order valence-corrected chi connectivity index (χ2v) is 11.4. The van der Waals surface area contributed by atoms with Crippen LogP contribution in [0.15, 0.2) is 52.3 Å². The average molecular weight is 464 g/mol. The zero-order valence-corrected chi connectivity index (χ0v) is 19.9. The summed E-state index contributed by atoms with van der Waals surface area (Å²) in [5.41, 5.74) is 1.05. The quantitative estimate of drug-likeness (QED) is 0.470. The Morgan fingerprint density at radius 1 is 1.10 bits per heavy atom. The number of carbonyl (C=O) groups is 1. The van der Waals surface area contributed by atoms with Crippen LogP contribution in [-0.4, -0.2) is 63.4 Å². The molecule has 0 aliphatic heterocycles. The number of amides is 1. The molecule has 1 amide bonds. The highest BCUT2D eigenvalue weighted by Crippen LogP contribution is 2.34. The molecule has 0 spiro atoms. The second-order valence-electron chi connectivity index (χ2n) is 7.06. The number of sulfone groups is 1. The molecule has 0 aliphatic carbocycles. The van der Waals surface area contributed by atoms with Gasteiger partial charge in [0.1, 0.15) is 5.52 Å². The van der Waals surface area contributed by atoms with E-state index in [4.69, 9.17) is 0 Å². The van der Waals surface area contributed by atoms with Gasteiger partial charge in [-0.3, -0.25) is 9.69 Å². The molecule has 3 rings (SSSR count). The summed E-state index contributed by atoms with van der Waals surface area (Å²) in [5, 5.41) is 0.504. The van der Waals surface area contributed by atoms with E-state index in [1.807, 2.05) is 49.3 Å². The summed E-state index contributed by atoms with van der Waals surface area (Å²) >= 11 is 2.96. The number of fused-ring (bicyclic) bond motifs is 1. The van der Waals surface area contributed by atoms with E-state index >= 15 is 0 Å². The van der Waals surface area contributed by atoms with E-state index < -0.39 is 9.84 Å². The first kappa shape index (κ1) is 22.7. The van der Waals surface area contributed by atoms with Gasteiger partial charge in [-0.15, -0.1) is 11.8 Å². The molecule has 0 fully saturated rings. The number of benzene rings is 2. The van der Waals surface area contributed by atoms with Gasteiger partial charge in [0.15, 0.2) is 15.0 Å². The van der Waals surface area contributed by atoms with Gasteiger partial charge >= 0.3 is 0 Å². The van der Waals surface area contributed by atoms with Gasteiger partial charge in [0, 0.05) is 24.2 Å². The first-order chi connectivity index (χ1) is 14.2. The van der Waals surface area contributed by atoms with Gasteiger partial charge in [0.05, 0.1) is 15.2 Å². The topological polar surface area (TPSA) is 70.6 Å². The minimum Gasteiger partial charge on any atom is -0.308 e. The van der Waals surface area contributed by atoms with E-state index in [0.29, 0.717) is 29.3 Å². The third kappa shape index (κ3) is 5.03. The van der Waals surface area contributed by atoms with Crippen molar-refractivity contribution in [1.29, 1.82) is 0 Å². The van der Waals surface area contributed by atoms with Crippen LogP contribution in [0.1, 0.15) is 17.3 Å². The van der Waals surface area contributed by atoms with Crippen molar-refractivity contribution >= 4 is 54.2 Å². The van der Waals surface area contributed by atoms with Crippen molar-refractivity contribution in [3.63, 3.8) is 0 Å². The Labute approximate surface area is 185 Å². The number of hydrogen-bond acceptors (Lipinski definition) is 7. The predicted molar refractivity (Wildman–Crippen MR) is 126 cm³/mol. The summed E-state index contributed by atoms with van der Waals surface area (Å²) in [5.74, 6) is 0.731.